The molecule has 2 atom stereocenters. The van der Waals surface area contributed by atoms with Gasteiger partial charge in [-0.3, -0.25) is 0 Å². The zero-order valence-corrected chi connectivity index (χ0v) is 15.0. The molecule has 1 saturated heterocycles. The number of hydrogen-bond donors (Lipinski definition) is 1. The second kappa shape index (κ2) is 6.31. The van der Waals surface area contributed by atoms with Crippen LogP contribution in [0.1, 0.15) is 39.7 Å². The van der Waals surface area contributed by atoms with E-state index >= 15 is 0 Å². The summed E-state index contributed by atoms with van der Waals surface area (Å²) < 4.78 is 6.25. The number of ether oxygens (including phenoxy) is 1. The average Bonchev–Trinajstić information content (AvgIpc) is 2.61. The molecule has 1 N–H and O–H groups in total. The summed E-state index contributed by atoms with van der Waals surface area (Å²) in [7, 11) is 2.07. The van der Waals surface area contributed by atoms with E-state index in [1.165, 1.54) is 10.5 Å². The minimum absolute atomic E-state index is 0.0161. The normalized spacial score (nSPS) is 25.0. The highest BCUT2D eigenvalue weighted by atomic mass is 32.2. The van der Waals surface area contributed by atoms with E-state index in [2.05, 4.69) is 71.2 Å². The molecule has 1 aliphatic rings. The van der Waals surface area contributed by atoms with Gasteiger partial charge in [0.1, 0.15) is 0 Å². The first-order valence-corrected chi connectivity index (χ1v) is 8.79. The Morgan fingerprint density at radius 3 is 2.33 bits per heavy atom. The van der Waals surface area contributed by atoms with Crippen LogP contribution in [-0.2, 0) is 4.74 Å². The van der Waals surface area contributed by atoms with Gasteiger partial charge in [-0.25, -0.2) is 0 Å². The Morgan fingerprint density at radius 2 is 1.86 bits per heavy atom. The fourth-order valence-corrected chi connectivity index (χ4v) is 4.55. The summed E-state index contributed by atoms with van der Waals surface area (Å²) in [5.41, 5.74) is 1.24. The van der Waals surface area contributed by atoms with Crippen LogP contribution in [0.15, 0.2) is 29.2 Å². The van der Waals surface area contributed by atoms with Gasteiger partial charge in [0.25, 0.3) is 0 Å². The molecule has 0 aromatic heterocycles. The van der Waals surface area contributed by atoms with E-state index in [0.29, 0.717) is 12.0 Å². The zero-order chi connectivity index (χ0) is 15.7. The first-order chi connectivity index (χ1) is 9.73. The van der Waals surface area contributed by atoms with Crippen LogP contribution in [-0.4, -0.2) is 30.0 Å². The molecule has 3 heteroatoms. The van der Waals surface area contributed by atoms with Crippen molar-refractivity contribution in [2.24, 2.45) is 5.92 Å². The van der Waals surface area contributed by atoms with E-state index in [9.17, 15) is 0 Å². The van der Waals surface area contributed by atoms with Gasteiger partial charge in [0.15, 0.2) is 0 Å². The van der Waals surface area contributed by atoms with Gasteiger partial charge < -0.3 is 10.1 Å². The fraction of sp³-hybridized carbons (Fsp3) is 0.667. The minimum atomic E-state index is -0.0645. The smallest absolute Gasteiger partial charge is 0.0678 e. The van der Waals surface area contributed by atoms with Crippen molar-refractivity contribution in [1.82, 2.24) is 5.32 Å². The van der Waals surface area contributed by atoms with Gasteiger partial charge in [-0.15, -0.1) is 11.8 Å². The number of aryl methyl sites for hydroxylation is 1. The van der Waals surface area contributed by atoms with Gasteiger partial charge >= 0.3 is 0 Å². The molecule has 0 aliphatic carbocycles. The van der Waals surface area contributed by atoms with Crippen molar-refractivity contribution < 1.29 is 4.74 Å². The van der Waals surface area contributed by atoms with Gasteiger partial charge in [0, 0.05) is 22.6 Å². The molecule has 0 spiro atoms. The maximum Gasteiger partial charge on any atom is 0.0678 e. The number of hydrogen-bond acceptors (Lipinski definition) is 3. The van der Waals surface area contributed by atoms with Gasteiger partial charge in [0.05, 0.1) is 11.2 Å². The van der Waals surface area contributed by atoms with E-state index in [-0.39, 0.29) is 11.2 Å². The quantitative estimate of drug-likeness (QED) is 0.821. The highest BCUT2D eigenvalue weighted by Crippen LogP contribution is 2.44. The summed E-state index contributed by atoms with van der Waals surface area (Å²) in [6.07, 6.45) is 1.11. The lowest BCUT2D eigenvalue weighted by molar-refractivity contribution is -0.0767. The van der Waals surface area contributed by atoms with Crippen molar-refractivity contribution in [2.75, 3.05) is 12.8 Å². The first kappa shape index (κ1) is 16.9. The summed E-state index contributed by atoms with van der Waals surface area (Å²) in [6, 6.07) is 9.26. The van der Waals surface area contributed by atoms with Gasteiger partial charge in [-0.2, -0.15) is 0 Å². The van der Waals surface area contributed by atoms with Gasteiger partial charge in [-0.1, -0.05) is 17.7 Å². The SMILES string of the molecule is CNC(CSc1ccc(C)cc1)C1CC(C)(C)OC1(C)C. The van der Waals surface area contributed by atoms with Crippen LogP contribution in [0, 0.1) is 12.8 Å². The summed E-state index contributed by atoms with van der Waals surface area (Å²) >= 11 is 1.93. The van der Waals surface area contributed by atoms with Crippen LogP contribution in [0.5, 0.6) is 0 Å². The Balaban J connectivity index is 2.01. The monoisotopic (exact) mass is 307 g/mol. The third-order valence-electron chi connectivity index (χ3n) is 4.45. The third kappa shape index (κ3) is 4.24. The molecule has 0 bridgehead atoms. The van der Waals surface area contributed by atoms with E-state index in [0.717, 1.165) is 12.2 Å². The van der Waals surface area contributed by atoms with Crippen molar-refractivity contribution in [3.63, 3.8) is 0 Å². The molecule has 2 nitrogen and oxygen atoms in total. The zero-order valence-electron chi connectivity index (χ0n) is 14.2. The Hall–Kier alpha value is -0.510. The maximum atomic E-state index is 6.25. The van der Waals surface area contributed by atoms with Crippen molar-refractivity contribution in [2.45, 2.75) is 63.2 Å². The van der Waals surface area contributed by atoms with Crippen molar-refractivity contribution >= 4 is 11.8 Å². The molecular weight excluding hydrogens is 278 g/mol. The van der Waals surface area contributed by atoms with E-state index < -0.39 is 0 Å². The van der Waals surface area contributed by atoms with Crippen LogP contribution in [0.25, 0.3) is 0 Å². The lowest BCUT2D eigenvalue weighted by atomic mass is 9.82. The summed E-state index contributed by atoms with van der Waals surface area (Å²) in [5.74, 6) is 1.61. The second-order valence-electron chi connectivity index (χ2n) is 7.30. The minimum Gasteiger partial charge on any atom is -0.369 e. The van der Waals surface area contributed by atoms with E-state index in [1.807, 2.05) is 11.8 Å². The molecule has 0 saturated carbocycles. The Bertz CT molecular complexity index is 467. The molecule has 1 fully saturated rings. The van der Waals surface area contributed by atoms with Crippen LogP contribution in [0.4, 0.5) is 0 Å². The summed E-state index contributed by atoms with van der Waals surface area (Å²) in [6.45, 7) is 11.0. The Kier molecular flexibility index (Phi) is 5.07. The highest BCUT2D eigenvalue weighted by Gasteiger charge is 2.48. The van der Waals surface area contributed by atoms with Crippen LogP contribution >= 0.6 is 11.8 Å². The Labute approximate surface area is 134 Å². The van der Waals surface area contributed by atoms with Crippen LogP contribution in [0.2, 0.25) is 0 Å². The molecule has 0 radical (unpaired) electrons. The predicted molar refractivity (Wildman–Crippen MR) is 92.1 cm³/mol. The van der Waals surface area contributed by atoms with Crippen molar-refractivity contribution in [3.05, 3.63) is 29.8 Å². The van der Waals surface area contributed by atoms with Gasteiger partial charge in [-0.05, 0) is 60.2 Å². The molecule has 1 heterocycles. The number of nitrogens with one attached hydrogen (secondary N) is 1. The average molecular weight is 308 g/mol. The topological polar surface area (TPSA) is 21.3 Å². The molecule has 1 aliphatic heterocycles. The number of thioether (sulfide) groups is 1. The molecule has 1 aromatic rings. The standard InChI is InChI=1S/C18H29NOS/c1-13-7-9-14(10-8-13)21-12-16(19-6)15-11-17(2,3)20-18(15,4)5/h7-10,15-16,19H,11-12H2,1-6H3. The van der Waals surface area contributed by atoms with E-state index in [4.69, 9.17) is 4.74 Å². The number of rotatable bonds is 5. The lowest BCUT2D eigenvalue weighted by Gasteiger charge is -2.32. The van der Waals surface area contributed by atoms with Crippen LogP contribution in [0.3, 0.4) is 0 Å². The predicted octanol–water partition coefficient (Wildman–Crippen LogP) is 4.27. The highest BCUT2D eigenvalue weighted by molar-refractivity contribution is 7.99. The number of benzene rings is 1. The third-order valence-corrected chi connectivity index (χ3v) is 5.58. The van der Waals surface area contributed by atoms with Crippen molar-refractivity contribution in [1.29, 1.82) is 0 Å². The summed E-state index contributed by atoms with van der Waals surface area (Å²) in [4.78, 5) is 1.34. The molecule has 21 heavy (non-hydrogen) atoms. The molecule has 118 valence electrons. The molecule has 0 amide bonds. The molecule has 2 rings (SSSR count). The fourth-order valence-electron chi connectivity index (χ4n) is 3.45. The van der Waals surface area contributed by atoms with Crippen LogP contribution < -0.4 is 5.32 Å². The molecular formula is C18H29NOS. The molecule has 2 unspecified atom stereocenters. The largest absolute Gasteiger partial charge is 0.369 e. The van der Waals surface area contributed by atoms with Crippen molar-refractivity contribution in [3.8, 4) is 0 Å². The van der Waals surface area contributed by atoms with Gasteiger partial charge in [0.2, 0.25) is 0 Å². The maximum absolute atomic E-state index is 6.25. The summed E-state index contributed by atoms with van der Waals surface area (Å²) in [5, 5.41) is 3.52. The first-order valence-electron chi connectivity index (χ1n) is 7.80. The molecule has 1 aromatic carbocycles. The Morgan fingerprint density at radius 1 is 1.24 bits per heavy atom. The lowest BCUT2D eigenvalue weighted by Crippen LogP contribution is -2.44. The second-order valence-corrected chi connectivity index (χ2v) is 8.39. The van der Waals surface area contributed by atoms with E-state index in [1.54, 1.807) is 0 Å².